The van der Waals surface area contributed by atoms with Gasteiger partial charge in [-0.05, 0) is 18.2 Å². The molecule has 1 aromatic carbocycles. The maximum atomic E-state index is 14.7. The molecule has 0 bridgehead atoms. The molecule has 3 saturated heterocycles. The van der Waals surface area contributed by atoms with E-state index in [2.05, 4.69) is 10.6 Å². The molecule has 2 amide bonds. The van der Waals surface area contributed by atoms with Crippen LogP contribution in [0.2, 0.25) is 0 Å². The van der Waals surface area contributed by atoms with Gasteiger partial charge < -0.3 is 35.0 Å². The molecule has 0 aromatic heterocycles. The summed E-state index contributed by atoms with van der Waals surface area (Å²) < 4.78 is 25.2. The highest BCUT2D eigenvalue weighted by atomic mass is 19.1. The van der Waals surface area contributed by atoms with Gasteiger partial charge in [-0.2, -0.15) is 0 Å². The number of amides is 2. The number of ether oxygens (including phenoxy) is 2. The van der Waals surface area contributed by atoms with E-state index in [4.69, 9.17) is 9.47 Å². The third-order valence-electron chi connectivity index (χ3n) is 4.99. The summed E-state index contributed by atoms with van der Waals surface area (Å²) in [5.41, 5.74) is 0.897. The number of nitrogens with zero attached hydrogens (tertiary/aromatic N) is 2. The number of carbonyl (C=O) groups is 2. The Labute approximate surface area is 155 Å². The average molecular weight is 380 g/mol. The Hall–Kier alpha value is -2.59. The summed E-state index contributed by atoms with van der Waals surface area (Å²) >= 11 is 0. The number of benzene rings is 1. The molecule has 4 rings (SSSR count). The van der Waals surface area contributed by atoms with Crippen molar-refractivity contribution >= 4 is 23.4 Å². The molecule has 9 nitrogen and oxygen atoms in total. The number of hydrogen-bond acceptors (Lipinski definition) is 7. The Morgan fingerprint density at radius 1 is 1.41 bits per heavy atom. The highest BCUT2D eigenvalue weighted by Gasteiger charge is 2.42. The summed E-state index contributed by atoms with van der Waals surface area (Å²) in [6, 6.07) is 4.55. The molecule has 3 fully saturated rings. The van der Waals surface area contributed by atoms with Gasteiger partial charge in [-0.15, -0.1) is 0 Å². The standard InChI is InChI=1S/C17H21FN4O5/c1-9(23)19-5-11-6-22(17(25)26-11)10-2-3-14(12(18)4-10)21-7-13-15(8-21)27-16(24)20-13/h2-4,11,13,15,17,25H,5-8H2,1H3,(H,19,23)(H,20,24)/t11-,13+,15-,17?/m0/s1. The zero-order chi connectivity index (χ0) is 19.1. The monoisotopic (exact) mass is 380 g/mol. The number of hydrogen-bond donors (Lipinski definition) is 3. The molecular formula is C17H21FN4O5. The number of aliphatic hydroxyl groups excluding tert-OH is 1. The predicted octanol–water partition coefficient (Wildman–Crippen LogP) is -0.260. The molecule has 4 atom stereocenters. The lowest BCUT2D eigenvalue weighted by molar-refractivity contribution is -0.121. The van der Waals surface area contributed by atoms with Gasteiger partial charge in [-0.3, -0.25) is 4.79 Å². The Balaban J connectivity index is 1.43. The second-order valence-electron chi connectivity index (χ2n) is 6.91. The van der Waals surface area contributed by atoms with Crippen LogP contribution in [-0.4, -0.2) is 67.9 Å². The van der Waals surface area contributed by atoms with E-state index in [1.807, 2.05) is 4.90 Å². The molecule has 27 heavy (non-hydrogen) atoms. The molecule has 3 N–H and O–H groups in total. The van der Waals surface area contributed by atoms with Crippen molar-refractivity contribution in [2.24, 2.45) is 0 Å². The third-order valence-corrected chi connectivity index (χ3v) is 4.99. The van der Waals surface area contributed by atoms with Gasteiger partial charge in [0.15, 0.2) is 0 Å². The maximum Gasteiger partial charge on any atom is 0.407 e. The highest BCUT2D eigenvalue weighted by molar-refractivity contribution is 5.73. The van der Waals surface area contributed by atoms with Gasteiger partial charge in [-0.25, -0.2) is 9.18 Å². The predicted molar refractivity (Wildman–Crippen MR) is 92.7 cm³/mol. The lowest BCUT2D eigenvalue weighted by Gasteiger charge is -2.24. The molecular weight excluding hydrogens is 359 g/mol. The number of nitrogens with one attached hydrogen (secondary N) is 2. The SMILES string of the molecule is CC(=O)NC[C@H]1CN(c2ccc(N3C[C@@H]4OC(=O)N[C@@H]4C3)c(F)c2)C(O)O1. The maximum absolute atomic E-state index is 14.7. The van der Waals surface area contributed by atoms with E-state index in [0.29, 0.717) is 31.0 Å². The van der Waals surface area contributed by atoms with Crippen LogP contribution < -0.4 is 20.4 Å². The number of aliphatic hydroxyl groups is 1. The molecule has 0 radical (unpaired) electrons. The Morgan fingerprint density at radius 3 is 2.93 bits per heavy atom. The fraction of sp³-hybridized carbons (Fsp3) is 0.529. The fourth-order valence-electron chi connectivity index (χ4n) is 3.68. The van der Waals surface area contributed by atoms with E-state index >= 15 is 0 Å². The van der Waals surface area contributed by atoms with Gasteiger partial charge in [0.25, 0.3) is 0 Å². The van der Waals surface area contributed by atoms with E-state index in [1.165, 1.54) is 17.9 Å². The zero-order valence-electron chi connectivity index (χ0n) is 14.7. The molecule has 3 heterocycles. The Morgan fingerprint density at radius 2 is 2.22 bits per heavy atom. The first-order valence-corrected chi connectivity index (χ1v) is 8.77. The lowest BCUT2D eigenvalue weighted by atomic mass is 10.2. The minimum Gasteiger partial charge on any atom is -0.442 e. The number of carbonyl (C=O) groups excluding carboxylic acids is 2. The first-order chi connectivity index (χ1) is 12.9. The minimum atomic E-state index is -1.20. The summed E-state index contributed by atoms with van der Waals surface area (Å²) in [6.45, 7) is 2.90. The van der Waals surface area contributed by atoms with Crippen molar-refractivity contribution in [3.8, 4) is 0 Å². The largest absolute Gasteiger partial charge is 0.442 e. The topological polar surface area (TPSA) is 103 Å². The van der Waals surface area contributed by atoms with E-state index in [0.717, 1.165) is 0 Å². The van der Waals surface area contributed by atoms with Crippen LogP contribution in [0.5, 0.6) is 0 Å². The van der Waals surface area contributed by atoms with E-state index in [1.54, 1.807) is 12.1 Å². The Bertz CT molecular complexity index is 747. The van der Waals surface area contributed by atoms with Crippen LogP contribution in [0.3, 0.4) is 0 Å². The summed E-state index contributed by atoms with van der Waals surface area (Å²) in [5.74, 6) is -0.617. The first-order valence-electron chi connectivity index (χ1n) is 8.77. The number of halogens is 1. The summed E-state index contributed by atoms with van der Waals surface area (Å²) in [6.07, 6.45) is -2.30. The summed E-state index contributed by atoms with van der Waals surface area (Å²) in [5, 5.41) is 15.4. The van der Waals surface area contributed by atoms with Crippen molar-refractivity contribution in [3.63, 3.8) is 0 Å². The quantitative estimate of drug-likeness (QED) is 0.661. The first kappa shape index (κ1) is 17.8. The molecule has 0 saturated carbocycles. The molecule has 3 aliphatic rings. The molecule has 0 spiro atoms. The smallest absolute Gasteiger partial charge is 0.407 e. The third kappa shape index (κ3) is 3.50. The van der Waals surface area contributed by atoms with E-state index < -0.39 is 18.3 Å². The second kappa shape index (κ2) is 6.86. The van der Waals surface area contributed by atoms with Crippen LogP contribution in [0.15, 0.2) is 18.2 Å². The van der Waals surface area contributed by atoms with Crippen LogP contribution in [0.4, 0.5) is 20.6 Å². The summed E-state index contributed by atoms with van der Waals surface area (Å²) in [7, 11) is 0. The zero-order valence-corrected chi connectivity index (χ0v) is 14.7. The van der Waals surface area contributed by atoms with Crippen LogP contribution in [0.1, 0.15) is 6.92 Å². The van der Waals surface area contributed by atoms with Crippen molar-refractivity contribution in [2.45, 2.75) is 31.6 Å². The van der Waals surface area contributed by atoms with Gasteiger partial charge in [0, 0.05) is 25.7 Å². The van der Waals surface area contributed by atoms with Crippen molar-refractivity contribution in [3.05, 3.63) is 24.0 Å². The number of rotatable bonds is 4. The highest BCUT2D eigenvalue weighted by Crippen LogP contribution is 2.31. The van der Waals surface area contributed by atoms with Crippen LogP contribution in [0.25, 0.3) is 0 Å². The second-order valence-corrected chi connectivity index (χ2v) is 6.91. The van der Waals surface area contributed by atoms with Crippen molar-refractivity contribution in [2.75, 3.05) is 36.0 Å². The molecule has 1 unspecified atom stereocenters. The fourth-order valence-corrected chi connectivity index (χ4v) is 3.68. The van der Waals surface area contributed by atoms with Gasteiger partial charge in [0.05, 0.1) is 30.9 Å². The van der Waals surface area contributed by atoms with E-state index in [-0.39, 0.29) is 30.7 Å². The molecule has 3 aliphatic heterocycles. The van der Waals surface area contributed by atoms with Gasteiger partial charge >= 0.3 is 6.09 Å². The van der Waals surface area contributed by atoms with Crippen molar-refractivity contribution < 1.29 is 28.6 Å². The normalized spacial score (nSPS) is 29.5. The van der Waals surface area contributed by atoms with E-state index in [9.17, 15) is 19.1 Å². The minimum absolute atomic E-state index is 0.139. The van der Waals surface area contributed by atoms with Crippen molar-refractivity contribution in [1.29, 1.82) is 0 Å². The van der Waals surface area contributed by atoms with Crippen LogP contribution in [0, 0.1) is 5.82 Å². The Kier molecular flexibility index (Phi) is 4.52. The number of fused-ring (bicyclic) bond motifs is 1. The summed E-state index contributed by atoms with van der Waals surface area (Å²) in [4.78, 5) is 25.6. The molecule has 1 aromatic rings. The lowest BCUT2D eigenvalue weighted by Crippen LogP contribution is -2.33. The molecule has 146 valence electrons. The molecule has 10 heteroatoms. The van der Waals surface area contributed by atoms with Gasteiger partial charge in [0.1, 0.15) is 11.9 Å². The number of alkyl carbamates (subject to hydrolysis) is 1. The average Bonchev–Trinajstić information content (AvgIpc) is 3.25. The van der Waals surface area contributed by atoms with Crippen molar-refractivity contribution in [1.82, 2.24) is 10.6 Å². The number of anilines is 2. The van der Waals surface area contributed by atoms with Gasteiger partial charge in [0.2, 0.25) is 12.3 Å². The molecule has 0 aliphatic carbocycles. The van der Waals surface area contributed by atoms with Gasteiger partial charge in [-0.1, -0.05) is 0 Å². The van der Waals surface area contributed by atoms with Crippen LogP contribution in [-0.2, 0) is 14.3 Å². The van der Waals surface area contributed by atoms with Crippen LogP contribution >= 0.6 is 0 Å².